The highest BCUT2D eigenvalue weighted by atomic mass is 35.5. The Morgan fingerprint density at radius 2 is 1.91 bits per heavy atom. The van der Waals surface area contributed by atoms with Crippen molar-refractivity contribution in [1.29, 1.82) is 0 Å². The molecule has 0 atom stereocenters. The summed E-state index contributed by atoms with van der Waals surface area (Å²) < 4.78 is 10.5. The van der Waals surface area contributed by atoms with Gasteiger partial charge < -0.3 is 14.8 Å². The van der Waals surface area contributed by atoms with Gasteiger partial charge in [0.2, 0.25) is 5.91 Å². The van der Waals surface area contributed by atoms with Gasteiger partial charge in [0.15, 0.2) is 0 Å². The summed E-state index contributed by atoms with van der Waals surface area (Å²) in [6.45, 7) is 0.834. The number of ether oxygens (including phenoxy) is 2. The number of benzene rings is 2. The largest absolute Gasteiger partial charge is 0.489 e. The first-order chi connectivity index (χ1) is 11.1. The van der Waals surface area contributed by atoms with E-state index in [1.807, 2.05) is 18.2 Å². The van der Waals surface area contributed by atoms with Gasteiger partial charge in [0.25, 0.3) is 0 Å². The Balaban J connectivity index is 2.07. The van der Waals surface area contributed by atoms with Crippen LogP contribution in [-0.2, 0) is 16.0 Å². The van der Waals surface area contributed by atoms with Gasteiger partial charge in [-0.3, -0.25) is 4.79 Å². The summed E-state index contributed by atoms with van der Waals surface area (Å²) in [5.74, 6) is 0.343. The third kappa shape index (κ3) is 5.43. The molecule has 0 aliphatic carbocycles. The van der Waals surface area contributed by atoms with E-state index in [0.717, 1.165) is 5.56 Å². The molecule has 23 heavy (non-hydrogen) atoms. The van der Waals surface area contributed by atoms with Gasteiger partial charge in [-0.2, -0.15) is 0 Å². The van der Waals surface area contributed by atoms with Crippen LogP contribution in [0.4, 0.5) is 5.69 Å². The fourth-order valence-corrected chi connectivity index (χ4v) is 2.34. The average molecular weight is 354 g/mol. The molecule has 0 unspecified atom stereocenters. The number of anilines is 1. The smallest absolute Gasteiger partial charge is 0.228 e. The van der Waals surface area contributed by atoms with Crippen molar-refractivity contribution in [3.8, 4) is 5.75 Å². The zero-order valence-electron chi connectivity index (χ0n) is 12.6. The maximum absolute atomic E-state index is 12.2. The minimum Gasteiger partial charge on any atom is -0.489 e. The molecule has 0 saturated heterocycles. The monoisotopic (exact) mass is 353 g/mol. The van der Waals surface area contributed by atoms with Crippen LogP contribution in [0.2, 0.25) is 10.0 Å². The van der Waals surface area contributed by atoms with Crippen LogP contribution in [0.15, 0.2) is 42.5 Å². The number of halogens is 2. The summed E-state index contributed by atoms with van der Waals surface area (Å²) in [7, 11) is 1.59. The van der Waals surface area contributed by atoms with E-state index in [1.165, 1.54) is 0 Å². The number of carbonyl (C=O) groups excluding carboxylic acids is 1. The van der Waals surface area contributed by atoms with Crippen molar-refractivity contribution in [2.75, 3.05) is 25.6 Å². The lowest BCUT2D eigenvalue weighted by molar-refractivity contribution is -0.115. The summed E-state index contributed by atoms with van der Waals surface area (Å²) in [6.07, 6.45) is 0.170. The molecule has 2 aromatic carbocycles. The summed E-state index contributed by atoms with van der Waals surface area (Å²) in [5.41, 5.74) is 1.28. The molecule has 0 aliphatic rings. The molecule has 0 saturated carbocycles. The predicted octanol–water partition coefficient (Wildman–Crippen LogP) is 4.20. The molecule has 4 nitrogen and oxygen atoms in total. The first-order valence-electron chi connectivity index (χ1n) is 7.04. The quantitative estimate of drug-likeness (QED) is 0.758. The maximum atomic E-state index is 12.2. The second-order valence-corrected chi connectivity index (χ2v) is 5.64. The molecule has 0 spiro atoms. The summed E-state index contributed by atoms with van der Waals surface area (Å²) in [5, 5.41) is 3.88. The van der Waals surface area contributed by atoms with Crippen LogP contribution in [0.25, 0.3) is 0 Å². The van der Waals surface area contributed by atoms with E-state index in [2.05, 4.69) is 5.32 Å². The number of rotatable bonds is 7. The van der Waals surface area contributed by atoms with Crippen molar-refractivity contribution in [2.24, 2.45) is 0 Å². The number of methoxy groups -OCH3 is 1. The molecule has 1 amide bonds. The standard InChI is InChI=1S/C17H17Cl2NO3/c1-22-8-9-23-16-7-6-13(18)11-15(16)20-17(21)10-12-4-2-3-5-14(12)19/h2-7,11H,8-10H2,1H3,(H,20,21). The van der Waals surface area contributed by atoms with Gasteiger partial charge in [-0.1, -0.05) is 41.4 Å². The Bertz CT molecular complexity index is 677. The lowest BCUT2D eigenvalue weighted by atomic mass is 10.1. The lowest BCUT2D eigenvalue weighted by Crippen LogP contribution is -2.16. The van der Waals surface area contributed by atoms with E-state index in [4.69, 9.17) is 32.7 Å². The molecule has 0 radical (unpaired) electrons. The van der Waals surface area contributed by atoms with Crippen LogP contribution in [0, 0.1) is 0 Å². The van der Waals surface area contributed by atoms with E-state index < -0.39 is 0 Å². The van der Waals surface area contributed by atoms with E-state index in [1.54, 1.807) is 31.4 Å². The van der Waals surface area contributed by atoms with Crippen molar-refractivity contribution >= 4 is 34.8 Å². The van der Waals surface area contributed by atoms with Crippen LogP contribution in [0.3, 0.4) is 0 Å². The molecule has 0 aliphatic heterocycles. The second kappa shape index (κ2) is 8.77. The van der Waals surface area contributed by atoms with Gasteiger partial charge in [-0.15, -0.1) is 0 Å². The topological polar surface area (TPSA) is 47.6 Å². The van der Waals surface area contributed by atoms with Crippen LogP contribution in [0.5, 0.6) is 5.75 Å². The third-order valence-corrected chi connectivity index (χ3v) is 3.67. The molecule has 2 rings (SSSR count). The highest BCUT2D eigenvalue weighted by Crippen LogP contribution is 2.28. The van der Waals surface area contributed by atoms with Gasteiger partial charge in [0.05, 0.1) is 18.7 Å². The van der Waals surface area contributed by atoms with Crippen molar-refractivity contribution in [3.05, 3.63) is 58.1 Å². The highest BCUT2D eigenvalue weighted by molar-refractivity contribution is 6.31. The Labute approximate surface area is 145 Å². The first-order valence-corrected chi connectivity index (χ1v) is 7.80. The Morgan fingerprint density at radius 3 is 2.65 bits per heavy atom. The molecule has 0 fully saturated rings. The van der Waals surface area contributed by atoms with Crippen molar-refractivity contribution < 1.29 is 14.3 Å². The van der Waals surface area contributed by atoms with Crippen LogP contribution >= 0.6 is 23.2 Å². The first kappa shape index (κ1) is 17.6. The number of hydrogen-bond donors (Lipinski definition) is 1. The Hall–Kier alpha value is -1.75. The normalized spacial score (nSPS) is 10.4. The maximum Gasteiger partial charge on any atom is 0.228 e. The number of nitrogens with one attached hydrogen (secondary N) is 1. The molecule has 0 aromatic heterocycles. The van der Waals surface area contributed by atoms with E-state index in [0.29, 0.717) is 34.7 Å². The third-order valence-electron chi connectivity index (χ3n) is 3.07. The zero-order chi connectivity index (χ0) is 16.7. The summed E-state index contributed by atoms with van der Waals surface area (Å²) >= 11 is 12.1. The fraction of sp³-hybridized carbons (Fsp3) is 0.235. The van der Waals surface area contributed by atoms with Gasteiger partial charge in [0, 0.05) is 17.2 Å². The number of amides is 1. The minimum absolute atomic E-state index is 0.170. The molecule has 6 heteroatoms. The second-order valence-electron chi connectivity index (χ2n) is 4.80. The molecule has 0 heterocycles. The van der Waals surface area contributed by atoms with Gasteiger partial charge in [0.1, 0.15) is 12.4 Å². The molecule has 1 N–H and O–H groups in total. The van der Waals surface area contributed by atoms with Crippen LogP contribution in [0.1, 0.15) is 5.56 Å². The van der Waals surface area contributed by atoms with Crippen molar-refractivity contribution in [3.63, 3.8) is 0 Å². The molecule has 2 aromatic rings. The lowest BCUT2D eigenvalue weighted by Gasteiger charge is -2.13. The van der Waals surface area contributed by atoms with Gasteiger partial charge in [-0.05, 0) is 29.8 Å². The Morgan fingerprint density at radius 1 is 1.13 bits per heavy atom. The molecule has 122 valence electrons. The zero-order valence-corrected chi connectivity index (χ0v) is 14.2. The molecular formula is C17H17Cl2NO3. The Kier molecular flexibility index (Phi) is 6.71. The summed E-state index contributed by atoms with van der Waals surface area (Å²) in [6, 6.07) is 12.3. The molecule has 0 bridgehead atoms. The minimum atomic E-state index is -0.197. The van der Waals surface area contributed by atoms with Crippen molar-refractivity contribution in [1.82, 2.24) is 0 Å². The number of carbonyl (C=O) groups is 1. The number of hydrogen-bond acceptors (Lipinski definition) is 3. The van der Waals surface area contributed by atoms with Gasteiger partial charge in [-0.25, -0.2) is 0 Å². The van der Waals surface area contributed by atoms with Gasteiger partial charge >= 0.3 is 0 Å². The fourth-order valence-electron chi connectivity index (χ4n) is 1.97. The SMILES string of the molecule is COCCOc1ccc(Cl)cc1NC(=O)Cc1ccccc1Cl. The van der Waals surface area contributed by atoms with E-state index in [9.17, 15) is 4.79 Å². The van der Waals surface area contributed by atoms with Crippen LogP contribution < -0.4 is 10.1 Å². The summed E-state index contributed by atoms with van der Waals surface area (Å²) in [4.78, 5) is 12.2. The van der Waals surface area contributed by atoms with E-state index >= 15 is 0 Å². The highest BCUT2D eigenvalue weighted by Gasteiger charge is 2.11. The average Bonchev–Trinajstić information content (AvgIpc) is 2.52. The molecular weight excluding hydrogens is 337 g/mol. The van der Waals surface area contributed by atoms with Crippen molar-refractivity contribution in [2.45, 2.75) is 6.42 Å². The van der Waals surface area contributed by atoms with Crippen LogP contribution in [-0.4, -0.2) is 26.2 Å². The van der Waals surface area contributed by atoms with E-state index in [-0.39, 0.29) is 12.3 Å². The predicted molar refractivity (Wildman–Crippen MR) is 92.6 cm³/mol.